The summed E-state index contributed by atoms with van der Waals surface area (Å²) < 4.78 is 138. The predicted octanol–water partition coefficient (Wildman–Crippen LogP) is 5.93. The number of rotatable bonds is 12. The van der Waals surface area contributed by atoms with E-state index in [0.29, 0.717) is 18.2 Å². The zero-order valence-corrected chi connectivity index (χ0v) is 35.4. The highest BCUT2D eigenvalue weighted by Crippen LogP contribution is 2.46. The smallest absolute Gasteiger partial charge is 0.296 e. The number of benzene rings is 5. The predicted molar refractivity (Wildman–Crippen MR) is 221 cm³/mol. The number of phenols is 2. The van der Waals surface area contributed by atoms with Crippen molar-refractivity contribution in [3.63, 3.8) is 0 Å². The van der Waals surface area contributed by atoms with E-state index in [1.165, 1.54) is 19.9 Å². The Morgan fingerprint density at radius 1 is 0.625 bits per heavy atom. The van der Waals surface area contributed by atoms with E-state index in [1.807, 2.05) is 0 Å². The highest BCUT2D eigenvalue weighted by Gasteiger charge is 2.26. The molecule has 0 aliphatic carbocycles. The molecule has 1 heterocycles. The van der Waals surface area contributed by atoms with Crippen LogP contribution in [-0.2, 0) is 47.0 Å². The SMILES string of the molecule is CCn1c(O)c(N=Nc2ccc(N=Nc3ccc(N=Nc4c(S(=O)(=O)O)cc5cc(S(=O)(=O)O)cc(O)c5c4O)c4cc(S(=O)(=O)O)ccc34)c(S(=O)(=O)O)c2)c(C)c(C(N)=O)c1=O. The molecular weight excluding hydrogens is 933 g/mol. The van der Waals surface area contributed by atoms with Crippen molar-refractivity contribution in [3.8, 4) is 17.4 Å². The van der Waals surface area contributed by atoms with E-state index in [1.54, 1.807) is 0 Å². The lowest BCUT2D eigenvalue weighted by Gasteiger charge is -2.12. The van der Waals surface area contributed by atoms with Gasteiger partial charge in [-0.15, -0.1) is 25.6 Å². The van der Waals surface area contributed by atoms with Gasteiger partial charge in [0.25, 0.3) is 51.9 Å². The summed E-state index contributed by atoms with van der Waals surface area (Å²) in [5.74, 6) is -3.94. The second-order valence-corrected chi connectivity index (χ2v) is 18.8. The number of hydrogen-bond donors (Lipinski definition) is 8. The Hall–Kier alpha value is -7.12. The third-order valence-corrected chi connectivity index (χ3v) is 12.6. The van der Waals surface area contributed by atoms with Gasteiger partial charge in [-0.25, -0.2) is 0 Å². The second-order valence-electron chi connectivity index (χ2n) is 13.2. The number of nitrogens with zero attached hydrogens (tertiary/aromatic N) is 7. The van der Waals surface area contributed by atoms with Gasteiger partial charge >= 0.3 is 0 Å². The largest absolute Gasteiger partial charge is 0.507 e. The van der Waals surface area contributed by atoms with Crippen LogP contribution in [0.25, 0.3) is 21.5 Å². The normalized spacial score (nSPS) is 13.0. The molecule has 0 radical (unpaired) electrons. The Kier molecular flexibility index (Phi) is 12.0. The molecule has 0 atom stereocenters. The van der Waals surface area contributed by atoms with Crippen LogP contribution in [0.1, 0.15) is 22.8 Å². The number of phenolic OH excluding ortho intramolecular Hbond substituents is 2. The van der Waals surface area contributed by atoms with Gasteiger partial charge in [-0.2, -0.15) is 38.8 Å². The van der Waals surface area contributed by atoms with Crippen LogP contribution >= 0.6 is 0 Å². The first-order valence-electron chi connectivity index (χ1n) is 17.3. The fraction of sp³-hybridized carbons (Fsp3) is 0.0857. The maximum absolute atomic E-state index is 12.6. The Bertz CT molecular complexity index is 3650. The topological polar surface area (TPSA) is 417 Å². The summed E-state index contributed by atoms with van der Waals surface area (Å²) >= 11 is 0. The fourth-order valence-corrected chi connectivity index (χ4v) is 8.54. The van der Waals surface area contributed by atoms with Crippen molar-refractivity contribution in [1.82, 2.24) is 4.57 Å². The van der Waals surface area contributed by atoms with Gasteiger partial charge in [0, 0.05) is 28.9 Å². The zero-order chi connectivity index (χ0) is 47.4. The molecule has 6 aromatic rings. The Labute approximate surface area is 359 Å². The van der Waals surface area contributed by atoms with Crippen LogP contribution < -0.4 is 11.3 Å². The first-order valence-corrected chi connectivity index (χ1v) is 23.0. The van der Waals surface area contributed by atoms with Crippen molar-refractivity contribution < 1.29 is 72.0 Å². The molecule has 0 aliphatic heterocycles. The third kappa shape index (κ3) is 9.02. The number of aromatic hydroxyl groups is 3. The highest BCUT2D eigenvalue weighted by molar-refractivity contribution is 7.86. The van der Waals surface area contributed by atoms with E-state index in [9.17, 15) is 76.8 Å². The second kappa shape index (κ2) is 16.5. The average molecular weight is 961 g/mol. The molecule has 1 amide bonds. The molecule has 25 nitrogen and oxygen atoms in total. The van der Waals surface area contributed by atoms with E-state index in [4.69, 9.17) is 5.73 Å². The van der Waals surface area contributed by atoms with E-state index in [2.05, 4.69) is 30.7 Å². The molecule has 29 heteroatoms. The van der Waals surface area contributed by atoms with Crippen LogP contribution in [0.15, 0.2) is 122 Å². The summed E-state index contributed by atoms with van der Waals surface area (Å²) in [6, 6.07) is 9.93. The lowest BCUT2D eigenvalue weighted by molar-refractivity contribution is 0.0997. The number of amides is 1. The molecule has 0 fully saturated rings. The van der Waals surface area contributed by atoms with Gasteiger partial charge in [-0.3, -0.25) is 32.4 Å². The number of primary amides is 1. The van der Waals surface area contributed by atoms with Gasteiger partial charge in [0.15, 0.2) is 5.75 Å². The number of aromatic nitrogens is 1. The summed E-state index contributed by atoms with van der Waals surface area (Å²) in [4.78, 5) is 21.0. The number of nitrogens with two attached hydrogens (primary N) is 1. The van der Waals surface area contributed by atoms with Crippen molar-refractivity contribution in [1.29, 1.82) is 0 Å². The first kappa shape index (κ1) is 46.4. The molecule has 0 saturated heterocycles. The molecule has 9 N–H and O–H groups in total. The Morgan fingerprint density at radius 3 is 1.77 bits per heavy atom. The lowest BCUT2D eigenvalue weighted by atomic mass is 10.1. The summed E-state index contributed by atoms with van der Waals surface area (Å²) in [6.45, 7) is 2.65. The number of hydrogen-bond acceptors (Lipinski definition) is 19. The summed E-state index contributed by atoms with van der Waals surface area (Å²) in [5, 5.41) is 54.1. The number of carbonyl (C=O) groups is 1. The minimum absolute atomic E-state index is 0.0431. The quantitative estimate of drug-likeness (QED) is 0.0520. The third-order valence-electron chi connectivity index (χ3n) is 9.15. The molecule has 0 aliphatic rings. The molecule has 0 spiro atoms. The number of fused-ring (bicyclic) bond motifs is 2. The molecule has 6 rings (SSSR count). The molecule has 64 heavy (non-hydrogen) atoms. The molecule has 1 aromatic heterocycles. The maximum Gasteiger partial charge on any atom is 0.296 e. The summed E-state index contributed by atoms with van der Waals surface area (Å²) in [5.41, 5.74) is 1.21. The maximum atomic E-state index is 12.6. The van der Waals surface area contributed by atoms with Gasteiger partial charge < -0.3 is 21.1 Å². The Balaban J connectivity index is 1.46. The van der Waals surface area contributed by atoms with Gasteiger partial charge in [0.2, 0.25) is 5.88 Å². The van der Waals surface area contributed by atoms with Crippen molar-refractivity contribution in [2.45, 2.75) is 40.0 Å². The summed E-state index contributed by atoms with van der Waals surface area (Å²) in [7, 11) is -20.3. The van der Waals surface area contributed by atoms with Crippen LogP contribution in [0.3, 0.4) is 0 Å². The van der Waals surface area contributed by atoms with Crippen molar-refractivity contribution >= 4 is 102 Å². The first-order chi connectivity index (χ1) is 29.6. The molecule has 5 aromatic carbocycles. The van der Waals surface area contributed by atoms with Crippen LogP contribution in [0.2, 0.25) is 0 Å². The van der Waals surface area contributed by atoms with Crippen LogP contribution in [0.5, 0.6) is 17.4 Å². The van der Waals surface area contributed by atoms with E-state index in [0.717, 1.165) is 47.0 Å². The lowest BCUT2D eigenvalue weighted by Crippen LogP contribution is -2.30. The summed E-state index contributed by atoms with van der Waals surface area (Å²) in [6.07, 6.45) is 0. The van der Waals surface area contributed by atoms with Crippen molar-refractivity contribution in [2.24, 2.45) is 36.4 Å². The van der Waals surface area contributed by atoms with Crippen molar-refractivity contribution in [2.75, 3.05) is 0 Å². The monoisotopic (exact) mass is 960 g/mol. The van der Waals surface area contributed by atoms with Crippen LogP contribution in [0, 0.1) is 6.92 Å². The Morgan fingerprint density at radius 2 is 1.19 bits per heavy atom. The van der Waals surface area contributed by atoms with Gasteiger partial charge in [0.1, 0.15) is 38.2 Å². The number of pyridine rings is 1. The highest BCUT2D eigenvalue weighted by atomic mass is 32.2. The minimum atomic E-state index is -5.32. The fourth-order valence-electron chi connectivity index (χ4n) is 6.19. The zero-order valence-electron chi connectivity index (χ0n) is 32.1. The van der Waals surface area contributed by atoms with E-state index < -0.39 is 117 Å². The number of carbonyl (C=O) groups excluding carboxylic acids is 1. The molecule has 0 bridgehead atoms. The molecule has 334 valence electrons. The van der Waals surface area contributed by atoms with Crippen LogP contribution in [0.4, 0.5) is 34.1 Å². The van der Waals surface area contributed by atoms with E-state index >= 15 is 0 Å². The van der Waals surface area contributed by atoms with Gasteiger partial charge in [0.05, 0.1) is 32.2 Å². The number of azo groups is 3. The molecule has 0 unspecified atom stereocenters. The van der Waals surface area contributed by atoms with Gasteiger partial charge in [-0.05, 0) is 73.8 Å². The van der Waals surface area contributed by atoms with Crippen LogP contribution in [-0.4, -0.2) is 77.7 Å². The van der Waals surface area contributed by atoms with E-state index in [-0.39, 0.29) is 45.6 Å². The van der Waals surface area contributed by atoms with Crippen molar-refractivity contribution in [3.05, 3.63) is 88.2 Å². The molecule has 0 saturated carbocycles. The minimum Gasteiger partial charge on any atom is -0.507 e. The standard InChI is InChI=1S/C35H28N8O17S4/c1-3-43-34(47)28(33(36)46)15(2)30(35(43)48)41-37-17-4-7-24(26(12-17)63(55,56)57)40-38-22-8-9-23(21-13-18(61(49,50)51)5-6-20(21)22)39-42-31-27(64(58,59)60)11-16-10-19(62(52,53)54)14-25(44)29(16)32(31)45/h4-14,44-45,48H,3H2,1-2H3,(H2,36,46)(H,49,50,51)(H,52,53,54)(H,55,56,57)(H,58,59,60). The average Bonchev–Trinajstić information content (AvgIpc) is 3.18. The van der Waals surface area contributed by atoms with Gasteiger partial charge in [-0.1, -0.05) is 6.07 Å². The molecular formula is C35H28N8O17S4.